The molecule has 1 aliphatic carbocycles. The Labute approximate surface area is 151 Å². The summed E-state index contributed by atoms with van der Waals surface area (Å²) >= 11 is 0. The lowest BCUT2D eigenvalue weighted by molar-refractivity contribution is 0.0307. The molecule has 4 rings (SSSR count). The zero-order chi connectivity index (χ0) is 17.4. The van der Waals surface area contributed by atoms with Gasteiger partial charge in [0.05, 0.1) is 0 Å². The average Bonchev–Trinajstić information content (AvgIpc) is 2.62. The van der Waals surface area contributed by atoms with Crippen molar-refractivity contribution < 1.29 is 5.11 Å². The quantitative estimate of drug-likeness (QED) is 0.886. The SMILES string of the molecule is C[C@@H]1[C@@H]2Cc3ccc(O)cc3[C@]1(C)CCN2CCCc1ccccc1. The van der Waals surface area contributed by atoms with E-state index in [1.807, 2.05) is 12.1 Å². The van der Waals surface area contributed by atoms with Crippen molar-refractivity contribution >= 4 is 0 Å². The third-order valence-corrected chi connectivity index (χ3v) is 6.86. The highest BCUT2D eigenvalue weighted by atomic mass is 16.3. The van der Waals surface area contributed by atoms with Crippen LogP contribution in [0.4, 0.5) is 0 Å². The lowest BCUT2D eigenvalue weighted by Crippen LogP contribution is -2.58. The molecular weight excluding hydrogens is 306 g/mol. The first-order chi connectivity index (χ1) is 12.1. The van der Waals surface area contributed by atoms with Gasteiger partial charge in [-0.3, -0.25) is 4.90 Å². The molecule has 0 radical (unpaired) electrons. The second kappa shape index (κ2) is 6.49. The molecule has 1 saturated heterocycles. The monoisotopic (exact) mass is 335 g/mol. The van der Waals surface area contributed by atoms with Crippen molar-refractivity contribution in [3.05, 3.63) is 65.2 Å². The van der Waals surface area contributed by atoms with Gasteiger partial charge in [0.2, 0.25) is 0 Å². The van der Waals surface area contributed by atoms with Crippen LogP contribution in [0, 0.1) is 5.92 Å². The van der Waals surface area contributed by atoms with Crippen LogP contribution < -0.4 is 0 Å². The highest BCUT2D eigenvalue weighted by Gasteiger charge is 2.48. The Balaban J connectivity index is 1.48. The minimum Gasteiger partial charge on any atom is -0.508 e. The fourth-order valence-electron chi connectivity index (χ4n) is 5.10. The first kappa shape index (κ1) is 16.7. The van der Waals surface area contributed by atoms with E-state index in [4.69, 9.17) is 0 Å². The van der Waals surface area contributed by atoms with Crippen molar-refractivity contribution in [2.45, 2.75) is 51.0 Å². The van der Waals surface area contributed by atoms with Gasteiger partial charge in [0, 0.05) is 6.04 Å². The summed E-state index contributed by atoms with van der Waals surface area (Å²) in [7, 11) is 0. The third kappa shape index (κ3) is 2.97. The van der Waals surface area contributed by atoms with Crippen molar-refractivity contribution in [3.8, 4) is 5.75 Å². The number of benzene rings is 2. The molecule has 3 atom stereocenters. The Hall–Kier alpha value is -1.80. The molecular formula is C23H29NO. The molecule has 0 saturated carbocycles. The fourth-order valence-corrected chi connectivity index (χ4v) is 5.10. The summed E-state index contributed by atoms with van der Waals surface area (Å²) in [4.78, 5) is 2.73. The van der Waals surface area contributed by atoms with Crippen LogP contribution in [0.3, 0.4) is 0 Å². The van der Waals surface area contributed by atoms with E-state index in [-0.39, 0.29) is 5.41 Å². The Bertz CT molecular complexity index is 741. The summed E-state index contributed by atoms with van der Waals surface area (Å²) in [5, 5.41) is 9.95. The van der Waals surface area contributed by atoms with E-state index in [1.54, 1.807) is 0 Å². The molecule has 1 fully saturated rings. The first-order valence-corrected chi connectivity index (χ1v) is 9.68. The summed E-state index contributed by atoms with van der Waals surface area (Å²) in [5.41, 5.74) is 4.48. The first-order valence-electron chi connectivity index (χ1n) is 9.68. The van der Waals surface area contributed by atoms with Crippen molar-refractivity contribution in [1.29, 1.82) is 0 Å². The second-order valence-electron chi connectivity index (χ2n) is 8.19. The van der Waals surface area contributed by atoms with Crippen LogP contribution in [0.2, 0.25) is 0 Å². The van der Waals surface area contributed by atoms with E-state index in [1.165, 1.54) is 49.0 Å². The molecule has 25 heavy (non-hydrogen) atoms. The molecule has 2 aromatic rings. The number of aryl methyl sites for hydroxylation is 1. The standard InChI is InChI=1S/C23H29NO/c1-17-22-15-19-10-11-20(25)16-21(19)23(17,2)12-14-24(22)13-6-9-18-7-4-3-5-8-18/h3-5,7-8,10-11,16-17,22,25H,6,9,12-15H2,1-2H3/t17-,22+,23-/m1/s1. The number of piperidine rings is 1. The van der Waals surface area contributed by atoms with Crippen LogP contribution in [0.25, 0.3) is 0 Å². The Morgan fingerprint density at radius 2 is 1.96 bits per heavy atom. The molecule has 2 heteroatoms. The van der Waals surface area contributed by atoms with Crippen molar-refractivity contribution in [2.24, 2.45) is 5.92 Å². The van der Waals surface area contributed by atoms with Gasteiger partial charge in [-0.1, -0.05) is 50.2 Å². The van der Waals surface area contributed by atoms with Gasteiger partial charge in [-0.15, -0.1) is 0 Å². The van der Waals surface area contributed by atoms with Gasteiger partial charge in [-0.05, 0) is 78.9 Å². The molecule has 2 aliphatic rings. The Morgan fingerprint density at radius 1 is 1.16 bits per heavy atom. The van der Waals surface area contributed by atoms with Crippen LogP contribution in [-0.4, -0.2) is 29.1 Å². The van der Waals surface area contributed by atoms with Gasteiger partial charge < -0.3 is 5.11 Å². The number of aromatic hydroxyl groups is 1. The minimum atomic E-state index is 0.201. The number of likely N-dealkylation sites (tertiary alicyclic amines) is 1. The number of hydrogen-bond donors (Lipinski definition) is 1. The molecule has 0 spiro atoms. The smallest absolute Gasteiger partial charge is 0.115 e. The largest absolute Gasteiger partial charge is 0.508 e. The van der Waals surface area contributed by atoms with E-state index in [0.717, 1.165) is 6.42 Å². The number of fused-ring (bicyclic) bond motifs is 4. The van der Waals surface area contributed by atoms with Crippen LogP contribution in [-0.2, 0) is 18.3 Å². The summed E-state index contributed by atoms with van der Waals surface area (Å²) in [6.45, 7) is 7.19. The Kier molecular flexibility index (Phi) is 4.33. The highest BCUT2D eigenvalue weighted by Crippen LogP contribution is 2.49. The maximum Gasteiger partial charge on any atom is 0.115 e. The van der Waals surface area contributed by atoms with Crippen LogP contribution in [0.1, 0.15) is 43.4 Å². The molecule has 2 nitrogen and oxygen atoms in total. The predicted molar refractivity (Wildman–Crippen MR) is 103 cm³/mol. The second-order valence-corrected chi connectivity index (χ2v) is 8.19. The van der Waals surface area contributed by atoms with E-state index < -0.39 is 0 Å². The van der Waals surface area contributed by atoms with Crippen LogP contribution in [0.15, 0.2) is 48.5 Å². The lowest BCUT2D eigenvalue weighted by Gasteiger charge is -2.54. The lowest BCUT2D eigenvalue weighted by atomic mass is 9.59. The molecule has 132 valence electrons. The number of phenolic OH excluding ortho intramolecular Hbond substituents is 1. The highest BCUT2D eigenvalue weighted by molar-refractivity contribution is 5.44. The van der Waals surface area contributed by atoms with Gasteiger partial charge >= 0.3 is 0 Å². The zero-order valence-electron chi connectivity index (χ0n) is 15.4. The number of hydrogen-bond acceptors (Lipinski definition) is 2. The molecule has 2 aromatic carbocycles. The van der Waals surface area contributed by atoms with E-state index >= 15 is 0 Å². The van der Waals surface area contributed by atoms with E-state index in [2.05, 4.69) is 55.1 Å². The average molecular weight is 335 g/mol. The summed E-state index contributed by atoms with van der Waals surface area (Å²) in [6, 6.07) is 17.5. The van der Waals surface area contributed by atoms with Gasteiger partial charge in [0.25, 0.3) is 0 Å². The summed E-state index contributed by atoms with van der Waals surface area (Å²) in [6.07, 6.45) is 4.71. The number of nitrogens with zero attached hydrogens (tertiary/aromatic N) is 1. The van der Waals surface area contributed by atoms with Crippen molar-refractivity contribution in [2.75, 3.05) is 13.1 Å². The minimum absolute atomic E-state index is 0.201. The van der Waals surface area contributed by atoms with E-state index in [9.17, 15) is 5.11 Å². The zero-order valence-corrected chi connectivity index (χ0v) is 15.4. The summed E-state index contributed by atoms with van der Waals surface area (Å²) in [5.74, 6) is 1.04. The molecule has 0 unspecified atom stereocenters. The van der Waals surface area contributed by atoms with E-state index in [0.29, 0.717) is 17.7 Å². The predicted octanol–water partition coefficient (Wildman–Crippen LogP) is 4.55. The third-order valence-electron chi connectivity index (χ3n) is 6.86. The maximum atomic E-state index is 9.95. The molecule has 1 aliphatic heterocycles. The van der Waals surface area contributed by atoms with Crippen LogP contribution >= 0.6 is 0 Å². The van der Waals surface area contributed by atoms with Gasteiger partial charge in [0.1, 0.15) is 5.75 Å². The topological polar surface area (TPSA) is 23.5 Å². The normalized spacial score (nSPS) is 28.6. The summed E-state index contributed by atoms with van der Waals surface area (Å²) < 4.78 is 0. The van der Waals surface area contributed by atoms with Gasteiger partial charge in [-0.2, -0.15) is 0 Å². The fraction of sp³-hybridized carbons (Fsp3) is 0.478. The molecule has 1 heterocycles. The molecule has 0 aromatic heterocycles. The van der Waals surface area contributed by atoms with Crippen molar-refractivity contribution in [3.63, 3.8) is 0 Å². The van der Waals surface area contributed by atoms with Gasteiger partial charge in [0.15, 0.2) is 0 Å². The van der Waals surface area contributed by atoms with Crippen molar-refractivity contribution in [1.82, 2.24) is 4.90 Å². The molecule has 0 amide bonds. The van der Waals surface area contributed by atoms with Gasteiger partial charge in [-0.25, -0.2) is 0 Å². The Morgan fingerprint density at radius 3 is 2.76 bits per heavy atom. The van der Waals surface area contributed by atoms with Crippen LogP contribution in [0.5, 0.6) is 5.75 Å². The maximum absolute atomic E-state index is 9.95. The number of phenols is 1. The number of rotatable bonds is 4. The molecule has 1 N–H and O–H groups in total. The molecule has 2 bridgehead atoms.